The molecular weight excluding hydrogens is 472 g/mol. The summed E-state index contributed by atoms with van der Waals surface area (Å²) in [5.74, 6) is 0.531. The van der Waals surface area contributed by atoms with E-state index in [1.165, 1.54) is 0 Å². The van der Waals surface area contributed by atoms with Crippen molar-refractivity contribution in [3.8, 4) is 11.5 Å². The van der Waals surface area contributed by atoms with Crippen molar-refractivity contribution in [2.75, 3.05) is 20.3 Å². The van der Waals surface area contributed by atoms with Gasteiger partial charge in [-0.05, 0) is 54.7 Å². The molecule has 1 aromatic heterocycles. The van der Waals surface area contributed by atoms with Gasteiger partial charge < -0.3 is 29.4 Å². The molecule has 1 unspecified atom stereocenters. The molecule has 2 amide bonds. The topological polar surface area (TPSA) is 106 Å². The van der Waals surface area contributed by atoms with Crippen LogP contribution in [0.3, 0.4) is 0 Å². The average Bonchev–Trinajstić information content (AvgIpc) is 3.36. The number of nitrogens with zero attached hydrogens (tertiary/aromatic N) is 3. The van der Waals surface area contributed by atoms with Gasteiger partial charge in [0.2, 0.25) is 11.8 Å². The number of amides is 2. The Balaban J connectivity index is 1.57. The number of imidazole rings is 1. The third-order valence-corrected chi connectivity index (χ3v) is 6.59. The van der Waals surface area contributed by atoms with Crippen molar-refractivity contribution < 1.29 is 24.2 Å². The van der Waals surface area contributed by atoms with Crippen molar-refractivity contribution in [2.24, 2.45) is 7.05 Å². The summed E-state index contributed by atoms with van der Waals surface area (Å²) in [5, 5.41) is 12.6. The number of nitrogens with one attached hydrogen (secondary N) is 1. The van der Waals surface area contributed by atoms with E-state index in [0.717, 1.165) is 16.9 Å². The van der Waals surface area contributed by atoms with Gasteiger partial charge in [-0.25, -0.2) is 4.98 Å². The summed E-state index contributed by atoms with van der Waals surface area (Å²) < 4.78 is 12.5. The molecule has 0 radical (unpaired) electrons. The fourth-order valence-electron chi connectivity index (χ4n) is 4.57. The Bertz CT molecular complexity index is 1170. The molecule has 2 heterocycles. The summed E-state index contributed by atoms with van der Waals surface area (Å²) in [6.45, 7) is 1.39. The van der Waals surface area contributed by atoms with Crippen molar-refractivity contribution in [3.05, 3.63) is 77.9 Å². The molecule has 1 atom stereocenters. The van der Waals surface area contributed by atoms with Gasteiger partial charge in [0, 0.05) is 45.5 Å². The maximum Gasteiger partial charge on any atom is 0.249 e. The molecule has 9 heteroatoms. The van der Waals surface area contributed by atoms with E-state index in [2.05, 4.69) is 10.3 Å². The van der Waals surface area contributed by atoms with E-state index in [9.17, 15) is 14.7 Å². The zero-order valence-corrected chi connectivity index (χ0v) is 21.3. The highest BCUT2D eigenvalue weighted by molar-refractivity contribution is 5.88. The lowest BCUT2D eigenvalue weighted by Crippen LogP contribution is -2.50. The lowest BCUT2D eigenvalue weighted by Gasteiger charge is -2.38. The molecule has 0 bridgehead atoms. The smallest absolute Gasteiger partial charge is 0.249 e. The number of aromatic nitrogens is 2. The second-order valence-corrected chi connectivity index (χ2v) is 9.24. The highest BCUT2D eigenvalue weighted by atomic mass is 16.5. The van der Waals surface area contributed by atoms with Crippen LogP contribution in [0, 0.1) is 0 Å². The van der Waals surface area contributed by atoms with E-state index in [0.29, 0.717) is 44.7 Å². The van der Waals surface area contributed by atoms with E-state index in [1.54, 1.807) is 53.4 Å². The molecule has 1 aliphatic heterocycles. The Morgan fingerprint density at radius 1 is 1.14 bits per heavy atom. The van der Waals surface area contributed by atoms with Gasteiger partial charge >= 0.3 is 0 Å². The van der Waals surface area contributed by atoms with Crippen molar-refractivity contribution in [3.63, 3.8) is 0 Å². The average molecular weight is 507 g/mol. The van der Waals surface area contributed by atoms with Crippen molar-refractivity contribution in [1.29, 1.82) is 0 Å². The number of aryl methyl sites for hydroxylation is 2. The Labute approximate surface area is 217 Å². The summed E-state index contributed by atoms with van der Waals surface area (Å²) in [5.41, 5.74) is 2.39. The number of phenolic OH excluding ortho intramolecular Hbond substituents is 1. The summed E-state index contributed by atoms with van der Waals surface area (Å²) in [6, 6.07) is 13.3. The normalized spacial score (nSPS) is 14.6. The van der Waals surface area contributed by atoms with E-state index in [1.807, 2.05) is 31.3 Å². The number of phenols is 1. The molecule has 9 nitrogen and oxygen atoms in total. The first-order valence-electron chi connectivity index (χ1n) is 12.5. The Hall–Kier alpha value is -3.85. The first kappa shape index (κ1) is 26.2. The Morgan fingerprint density at radius 3 is 2.43 bits per heavy atom. The standard InChI is InChI=1S/C28H34N4O5/c1-31-18-25(30-19-31)27(28(35)29-17-21-5-10-24(36-2)11-6-21)32(22-13-15-37-16-14-22)26(34)12-7-20-3-8-23(33)9-4-20/h3-6,8-11,18-19,22,27,33H,7,12-17H2,1-2H3,(H,29,35). The highest BCUT2D eigenvalue weighted by Crippen LogP contribution is 2.28. The quantitative estimate of drug-likeness (QED) is 0.438. The van der Waals surface area contributed by atoms with Gasteiger partial charge in [0.05, 0.1) is 19.1 Å². The summed E-state index contributed by atoms with van der Waals surface area (Å²) in [6.07, 6.45) is 5.47. The first-order chi connectivity index (χ1) is 17.9. The number of hydrogen-bond acceptors (Lipinski definition) is 6. The minimum atomic E-state index is -0.866. The van der Waals surface area contributed by atoms with Crippen LogP contribution in [0.5, 0.6) is 11.5 Å². The third kappa shape index (κ3) is 6.89. The molecule has 0 saturated carbocycles. The van der Waals surface area contributed by atoms with Crippen molar-refractivity contribution in [2.45, 2.75) is 44.3 Å². The molecule has 4 rings (SSSR count). The number of rotatable bonds is 10. The molecule has 37 heavy (non-hydrogen) atoms. The number of hydrogen-bond donors (Lipinski definition) is 2. The van der Waals surface area contributed by atoms with Crippen LogP contribution in [-0.2, 0) is 34.3 Å². The van der Waals surface area contributed by atoms with Crippen LogP contribution in [0.25, 0.3) is 0 Å². The molecule has 0 aliphatic carbocycles. The van der Waals surface area contributed by atoms with Crippen LogP contribution < -0.4 is 10.1 Å². The lowest BCUT2D eigenvalue weighted by atomic mass is 10.00. The summed E-state index contributed by atoms with van der Waals surface area (Å²) in [7, 11) is 3.45. The van der Waals surface area contributed by atoms with Gasteiger partial charge in [0.15, 0.2) is 6.04 Å². The molecule has 2 N–H and O–H groups in total. The molecule has 1 fully saturated rings. The fourth-order valence-corrected chi connectivity index (χ4v) is 4.57. The monoisotopic (exact) mass is 506 g/mol. The molecule has 1 aliphatic rings. The lowest BCUT2D eigenvalue weighted by molar-refractivity contribution is -0.146. The number of ether oxygens (including phenoxy) is 2. The Morgan fingerprint density at radius 2 is 1.81 bits per heavy atom. The predicted molar refractivity (Wildman–Crippen MR) is 138 cm³/mol. The number of carbonyl (C=O) groups is 2. The highest BCUT2D eigenvalue weighted by Gasteiger charge is 2.38. The first-order valence-corrected chi connectivity index (χ1v) is 12.5. The molecule has 3 aromatic rings. The number of methoxy groups -OCH3 is 1. The van der Waals surface area contributed by atoms with Gasteiger partial charge in [-0.15, -0.1) is 0 Å². The van der Waals surface area contributed by atoms with Crippen LogP contribution in [0.1, 0.15) is 42.1 Å². The van der Waals surface area contributed by atoms with E-state index in [-0.39, 0.29) is 30.0 Å². The van der Waals surface area contributed by atoms with Crippen LogP contribution in [0.4, 0.5) is 0 Å². The van der Waals surface area contributed by atoms with Crippen LogP contribution in [-0.4, -0.2) is 57.7 Å². The molecule has 196 valence electrons. The van der Waals surface area contributed by atoms with Crippen molar-refractivity contribution in [1.82, 2.24) is 19.8 Å². The summed E-state index contributed by atoms with van der Waals surface area (Å²) >= 11 is 0. The molecule has 0 spiro atoms. The van der Waals surface area contributed by atoms with Crippen LogP contribution in [0.2, 0.25) is 0 Å². The minimum absolute atomic E-state index is 0.116. The maximum absolute atomic E-state index is 13.8. The minimum Gasteiger partial charge on any atom is -0.508 e. The molecule has 1 saturated heterocycles. The second kappa shape index (κ2) is 12.4. The fraction of sp³-hybridized carbons (Fsp3) is 0.393. The second-order valence-electron chi connectivity index (χ2n) is 9.24. The number of carbonyl (C=O) groups excluding carboxylic acids is 2. The zero-order valence-electron chi connectivity index (χ0n) is 21.3. The van der Waals surface area contributed by atoms with Gasteiger partial charge in [0.1, 0.15) is 11.5 Å². The van der Waals surface area contributed by atoms with Gasteiger partial charge in [-0.2, -0.15) is 0 Å². The Kier molecular flexibility index (Phi) is 8.79. The molecule has 2 aromatic carbocycles. The maximum atomic E-state index is 13.8. The van der Waals surface area contributed by atoms with Crippen molar-refractivity contribution >= 4 is 11.8 Å². The third-order valence-electron chi connectivity index (χ3n) is 6.59. The van der Waals surface area contributed by atoms with Gasteiger partial charge in [0.25, 0.3) is 0 Å². The zero-order chi connectivity index (χ0) is 26.2. The van der Waals surface area contributed by atoms with E-state index < -0.39 is 6.04 Å². The van der Waals surface area contributed by atoms with E-state index in [4.69, 9.17) is 9.47 Å². The van der Waals surface area contributed by atoms with Crippen LogP contribution >= 0.6 is 0 Å². The van der Waals surface area contributed by atoms with Gasteiger partial charge in [-0.3, -0.25) is 9.59 Å². The predicted octanol–water partition coefficient (Wildman–Crippen LogP) is 3.13. The molecular formula is C28H34N4O5. The van der Waals surface area contributed by atoms with Gasteiger partial charge in [-0.1, -0.05) is 24.3 Å². The largest absolute Gasteiger partial charge is 0.508 e. The SMILES string of the molecule is COc1ccc(CNC(=O)C(c2cn(C)cn2)N(C(=O)CCc2ccc(O)cc2)C2CCOCC2)cc1. The number of aromatic hydroxyl groups is 1. The van der Waals surface area contributed by atoms with E-state index >= 15 is 0 Å². The van der Waals surface area contributed by atoms with Crippen LogP contribution in [0.15, 0.2) is 61.1 Å². The number of benzene rings is 2. The summed E-state index contributed by atoms with van der Waals surface area (Å²) in [4.78, 5) is 33.7.